The van der Waals surface area contributed by atoms with E-state index in [4.69, 9.17) is 11.6 Å². The number of hydrogen-bond acceptors (Lipinski definition) is 4. The molecule has 0 N–H and O–H groups in total. The van der Waals surface area contributed by atoms with Crippen LogP contribution in [0.5, 0.6) is 0 Å². The van der Waals surface area contributed by atoms with Gasteiger partial charge in [-0.3, -0.25) is 4.79 Å². The number of hydrogen-bond donors (Lipinski definition) is 0. The van der Waals surface area contributed by atoms with Gasteiger partial charge in [0.2, 0.25) is 0 Å². The van der Waals surface area contributed by atoms with Crippen LogP contribution in [0.3, 0.4) is 0 Å². The van der Waals surface area contributed by atoms with Crippen molar-refractivity contribution < 1.29 is 4.79 Å². The molecule has 1 aliphatic carbocycles. The molecule has 3 aromatic rings. The summed E-state index contributed by atoms with van der Waals surface area (Å²) in [6.07, 6.45) is 7.60. The van der Waals surface area contributed by atoms with E-state index in [2.05, 4.69) is 28.2 Å². The van der Waals surface area contributed by atoms with E-state index < -0.39 is 5.41 Å². The maximum atomic E-state index is 13.4. The molecule has 0 bridgehead atoms. The van der Waals surface area contributed by atoms with Crippen molar-refractivity contribution in [3.8, 4) is 17.3 Å². The van der Waals surface area contributed by atoms with Crippen LogP contribution >= 0.6 is 11.6 Å². The first-order valence-electron chi connectivity index (χ1n) is 11.4. The molecule has 166 valence electrons. The van der Waals surface area contributed by atoms with Crippen LogP contribution in [0.2, 0.25) is 5.02 Å². The lowest BCUT2D eigenvalue weighted by Gasteiger charge is -2.38. The molecule has 33 heavy (non-hydrogen) atoms. The fraction of sp³-hybridized carbons (Fsp3) is 0.333. The molecule has 2 heterocycles. The summed E-state index contributed by atoms with van der Waals surface area (Å²) in [5, 5.41) is 10.9. The second kappa shape index (κ2) is 8.96. The molecule has 2 aliphatic rings. The number of rotatable bonds is 5. The van der Waals surface area contributed by atoms with Crippen LogP contribution in [0.1, 0.15) is 53.1 Å². The van der Waals surface area contributed by atoms with E-state index in [0.717, 1.165) is 16.3 Å². The predicted molar refractivity (Wildman–Crippen MR) is 128 cm³/mol. The minimum absolute atomic E-state index is 0.0130. The fourth-order valence-electron chi connectivity index (χ4n) is 4.84. The van der Waals surface area contributed by atoms with Crippen molar-refractivity contribution in [1.29, 1.82) is 5.26 Å². The van der Waals surface area contributed by atoms with E-state index in [1.165, 1.54) is 30.3 Å². The third-order valence-electron chi connectivity index (χ3n) is 6.91. The molecule has 0 unspecified atom stereocenters. The zero-order valence-electron chi connectivity index (χ0n) is 18.4. The maximum absolute atomic E-state index is 13.4. The summed E-state index contributed by atoms with van der Waals surface area (Å²) in [5.41, 5.74) is 4.24. The number of piperidine rings is 1. The Bertz CT molecular complexity index is 1210. The Morgan fingerprint density at radius 1 is 1.15 bits per heavy atom. The third-order valence-corrected chi connectivity index (χ3v) is 7.15. The van der Waals surface area contributed by atoms with Gasteiger partial charge in [-0.05, 0) is 73.4 Å². The van der Waals surface area contributed by atoms with E-state index in [0.29, 0.717) is 43.8 Å². The number of likely N-dealkylation sites (tertiary alicyclic amines) is 1. The normalized spacial score (nSPS) is 17.4. The van der Waals surface area contributed by atoms with Crippen LogP contribution in [-0.4, -0.2) is 33.9 Å². The number of nitriles is 1. The van der Waals surface area contributed by atoms with Crippen LogP contribution in [0.15, 0.2) is 61.1 Å². The van der Waals surface area contributed by atoms with Crippen molar-refractivity contribution in [3.05, 3.63) is 82.8 Å². The molecule has 1 aromatic heterocycles. The smallest absolute Gasteiger partial charge is 0.254 e. The Balaban J connectivity index is 1.33. The van der Waals surface area contributed by atoms with Crippen molar-refractivity contribution in [1.82, 2.24) is 14.9 Å². The van der Waals surface area contributed by atoms with E-state index in [1.54, 1.807) is 6.20 Å². The average molecular weight is 457 g/mol. The molecule has 0 atom stereocenters. The van der Waals surface area contributed by atoms with Crippen molar-refractivity contribution >= 4 is 17.5 Å². The monoisotopic (exact) mass is 456 g/mol. The molecule has 2 fully saturated rings. The highest BCUT2D eigenvalue weighted by Crippen LogP contribution is 2.45. The minimum Gasteiger partial charge on any atom is -0.339 e. The molecule has 1 aliphatic heterocycles. The number of carbonyl (C=O) groups is 1. The zero-order valence-corrected chi connectivity index (χ0v) is 19.1. The first-order valence-corrected chi connectivity index (χ1v) is 11.8. The highest BCUT2D eigenvalue weighted by atomic mass is 35.5. The second-order valence-electron chi connectivity index (χ2n) is 9.12. The van der Waals surface area contributed by atoms with Gasteiger partial charge in [-0.15, -0.1) is 0 Å². The molecule has 1 saturated heterocycles. The van der Waals surface area contributed by atoms with Crippen molar-refractivity contribution in [2.45, 2.75) is 38.0 Å². The summed E-state index contributed by atoms with van der Waals surface area (Å²) < 4.78 is 0. The van der Waals surface area contributed by atoms with E-state index >= 15 is 0 Å². The number of aromatic nitrogens is 2. The minimum atomic E-state index is -0.458. The van der Waals surface area contributed by atoms with Gasteiger partial charge >= 0.3 is 0 Å². The summed E-state index contributed by atoms with van der Waals surface area (Å²) in [5.74, 6) is 0.565. The molecule has 6 heteroatoms. The first kappa shape index (κ1) is 21.6. The van der Waals surface area contributed by atoms with Crippen LogP contribution in [0.4, 0.5) is 0 Å². The molecule has 5 rings (SSSR count). The SMILES string of the molecule is N#CC1(Cc2ccc(Cl)cc2C2CC2)CCN(C(=O)c2ccccc2-c2ccncn2)CC1. The van der Waals surface area contributed by atoms with Gasteiger partial charge in [-0.2, -0.15) is 5.26 Å². The number of nitrogens with zero attached hydrogens (tertiary/aromatic N) is 4. The molecule has 2 aromatic carbocycles. The fourth-order valence-corrected chi connectivity index (χ4v) is 5.03. The van der Waals surface area contributed by atoms with Crippen LogP contribution in [0, 0.1) is 16.7 Å². The van der Waals surface area contributed by atoms with Gasteiger partial charge in [-0.25, -0.2) is 9.97 Å². The highest BCUT2D eigenvalue weighted by Gasteiger charge is 2.38. The average Bonchev–Trinajstić information content (AvgIpc) is 3.71. The van der Waals surface area contributed by atoms with E-state index in [1.807, 2.05) is 41.3 Å². The third kappa shape index (κ3) is 4.49. The Labute approximate surface area is 199 Å². The molecule has 0 radical (unpaired) electrons. The standard InChI is InChI=1S/C27H25ClN4O/c28-21-8-7-20(24(15-21)19-5-6-19)16-27(17-29)10-13-32(14-11-27)26(33)23-4-2-1-3-22(23)25-9-12-30-18-31-25/h1-4,7-9,12,15,18-19H,5-6,10-11,13-14,16H2. The largest absolute Gasteiger partial charge is 0.339 e. The Kier molecular flexibility index (Phi) is 5.86. The first-order chi connectivity index (χ1) is 16.1. The Morgan fingerprint density at radius 3 is 2.64 bits per heavy atom. The maximum Gasteiger partial charge on any atom is 0.254 e. The van der Waals surface area contributed by atoms with Gasteiger partial charge in [0.15, 0.2) is 0 Å². The van der Waals surface area contributed by atoms with Crippen LogP contribution in [0.25, 0.3) is 11.3 Å². The number of amides is 1. The molecule has 1 saturated carbocycles. The summed E-state index contributed by atoms with van der Waals surface area (Å²) in [4.78, 5) is 23.6. The van der Waals surface area contributed by atoms with Gasteiger partial charge < -0.3 is 4.90 Å². The predicted octanol–water partition coefficient (Wildman–Crippen LogP) is 5.66. The second-order valence-corrected chi connectivity index (χ2v) is 9.56. The lowest BCUT2D eigenvalue weighted by atomic mass is 9.74. The summed E-state index contributed by atoms with van der Waals surface area (Å²) in [6.45, 7) is 1.13. The van der Waals surface area contributed by atoms with Crippen molar-refractivity contribution in [2.75, 3.05) is 13.1 Å². The van der Waals surface area contributed by atoms with Gasteiger partial charge in [-0.1, -0.05) is 35.9 Å². The van der Waals surface area contributed by atoms with Crippen LogP contribution < -0.4 is 0 Å². The summed E-state index contributed by atoms with van der Waals surface area (Å²) in [7, 11) is 0. The van der Waals surface area contributed by atoms with Gasteiger partial charge in [0.05, 0.1) is 17.2 Å². The Hall–Kier alpha value is -3.23. The van der Waals surface area contributed by atoms with Crippen molar-refractivity contribution in [2.24, 2.45) is 5.41 Å². The molecule has 5 nitrogen and oxygen atoms in total. The summed E-state index contributed by atoms with van der Waals surface area (Å²) in [6, 6.07) is 18.1. The zero-order chi connectivity index (χ0) is 22.8. The molecule has 1 amide bonds. The van der Waals surface area contributed by atoms with Gasteiger partial charge in [0.25, 0.3) is 5.91 Å². The molecular formula is C27H25ClN4O. The lowest BCUT2D eigenvalue weighted by molar-refractivity contribution is 0.0648. The van der Waals surface area contributed by atoms with Gasteiger partial charge in [0.1, 0.15) is 6.33 Å². The topological polar surface area (TPSA) is 69.9 Å². The number of halogens is 1. The lowest BCUT2D eigenvalue weighted by Crippen LogP contribution is -2.43. The highest BCUT2D eigenvalue weighted by molar-refractivity contribution is 6.30. The van der Waals surface area contributed by atoms with E-state index in [-0.39, 0.29) is 5.91 Å². The van der Waals surface area contributed by atoms with Crippen molar-refractivity contribution in [3.63, 3.8) is 0 Å². The van der Waals surface area contributed by atoms with Crippen LogP contribution in [-0.2, 0) is 6.42 Å². The number of carbonyl (C=O) groups excluding carboxylic acids is 1. The quantitative estimate of drug-likeness (QED) is 0.496. The van der Waals surface area contributed by atoms with Gasteiger partial charge in [0, 0.05) is 35.4 Å². The van der Waals surface area contributed by atoms with E-state index in [9.17, 15) is 10.1 Å². The Morgan fingerprint density at radius 2 is 1.94 bits per heavy atom. The summed E-state index contributed by atoms with van der Waals surface area (Å²) >= 11 is 6.25. The molecule has 0 spiro atoms. The number of benzene rings is 2. The molecular weight excluding hydrogens is 432 g/mol.